The van der Waals surface area contributed by atoms with Crippen molar-refractivity contribution < 1.29 is 14.3 Å². The zero-order valence-electron chi connectivity index (χ0n) is 14.7. The Bertz CT molecular complexity index is 639. The Morgan fingerprint density at radius 2 is 2.04 bits per heavy atom. The van der Waals surface area contributed by atoms with Crippen molar-refractivity contribution in [1.82, 2.24) is 14.9 Å². The summed E-state index contributed by atoms with van der Waals surface area (Å²) in [6.07, 6.45) is 2.69. The predicted molar refractivity (Wildman–Crippen MR) is 94.6 cm³/mol. The summed E-state index contributed by atoms with van der Waals surface area (Å²) < 4.78 is 5.39. The summed E-state index contributed by atoms with van der Waals surface area (Å²) in [7, 11) is 0. The van der Waals surface area contributed by atoms with Gasteiger partial charge in [0.2, 0.25) is 5.28 Å². The van der Waals surface area contributed by atoms with E-state index in [2.05, 4.69) is 15.3 Å². The Labute approximate surface area is 152 Å². The molecule has 3 N–H and O–H groups in total. The van der Waals surface area contributed by atoms with Crippen molar-refractivity contribution in [3.63, 3.8) is 0 Å². The molecule has 0 aliphatic carbocycles. The van der Waals surface area contributed by atoms with Crippen LogP contribution in [0.3, 0.4) is 0 Å². The van der Waals surface area contributed by atoms with Crippen LogP contribution in [-0.2, 0) is 4.74 Å². The Kier molecular flexibility index (Phi) is 6.05. The summed E-state index contributed by atoms with van der Waals surface area (Å²) in [5.41, 5.74) is 5.03. The molecule has 2 heterocycles. The molecule has 1 aromatic rings. The highest BCUT2D eigenvalue weighted by Crippen LogP contribution is 2.21. The molecular weight excluding hydrogens is 346 g/mol. The molecule has 1 fully saturated rings. The summed E-state index contributed by atoms with van der Waals surface area (Å²) in [6.45, 7) is 7.43. The molecule has 2 rings (SSSR count). The minimum atomic E-state index is -0.612. The number of nitrogens with two attached hydrogens (primary N) is 1. The minimum Gasteiger partial charge on any atom is -0.444 e. The molecule has 0 spiro atoms. The van der Waals surface area contributed by atoms with Crippen molar-refractivity contribution in [3.8, 4) is 0 Å². The normalized spacial score (nSPS) is 15.8. The minimum absolute atomic E-state index is 0.0484. The van der Waals surface area contributed by atoms with E-state index in [0.29, 0.717) is 31.4 Å². The first-order chi connectivity index (χ1) is 11.7. The van der Waals surface area contributed by atoms with Crippen molar-refractivity contribution in [1.29, 1.82) is 0 Å². The quantitative estimate of drug-likeness (QED) is 0.788. The van der Waals surface area contributed by atoms with Crippen LogP contribution in [0.15, 0.2) is 6.20 Å². The zero-order valence-corrected chi connectivity index (χ0v) is 15.5. The van der Waals surface area contributed by atoms with Crippen LogP contribution in [0.2, 0.25) is 5.28 Å². The first-order valence-electron chi connectivity index (χ1n) is 8.20. The molecule has 138 valence electrons. The number of aromatic nitrogens is 2. The van der Waals surface area contributed by atoms with E-state index in [0.717, 1.165) is 12.8 Å². The lowest BCUT2D eigenvalue weighted by molar-refractivity contribution is 0.0188. The third kappa shape index (κ3) is 5.74. The number of piperidine rings is 1. The number of carbonyl (C=O) groups is 2. The molecular formula is C16H24ClN5O3. The van der Waals surface area contributed by atoms with E-state index in [1.54, 1.807) is 4.90 Å². The van der Waals surface area contributed by atoms with Gasteiger partial charge in [-0.1, -0.05) is 0 Å². The Morgan fingerprint density at radius 3 is 2.60 bits per heavy atom. The maximum atomic E-state index is 12.1. The molecule has 0 atom stereocenters. The van der Waals surface area contributed by atoms with Gasteiger partial charge in [-0.05, 0) is 51.1 Å². The van der Waals surface area contributed by atoms with Crippen LogP contribution in [0, 0.1) is 5.92 Å². The van der Waals surface area contributed by atoms with E-state index < -0.39 is 11.5 Å². The third-order valence-corrected chi connectivity index (χ3v) is 4.03. The highest BCUT2D eigenvalue weighted by molar-refractivity contribution is 6.28. The molecule has 1 aliphatic rings. The van der Waals surface area contributed by atoms with Crippen LogP contribution >= 0.6 is 11.6 Å². The lowest BCUT2D eigenvalue weighted by Crippen LogP contribution is -2.42. The number of amides is 2. The van der Waals surface area contributed by atoms with Crippen LogP contribution in [0.5, 0.6) is 0 Å². The molecule has 1 saturated heterocycles. The van der Waals surface area contributed by atoms with Gasteiger partial charge in [0.15, 0.2) is 0 Å². The lowest BCUT2D eigenvalue weighted by Gasteiger charge is -2.33. The van der Waals surface area contributed by atoms with Gasteiger partial charge in [-0.2, -0.15) is 4.98 Å². The van der Waals surface area contributed by atoms with E-state index in [9.17, 15) is 9.59 Å². The molecule has 0 unspecified atom stereocenters. The van der Waals surface area contributed by atoms with E-state index in [-0.39, 0.29) is 16.9 Å². The van der Waals surface area contributed by atoms with Crippen LogP contribution < -0.4 is 11.1 Å². The summed E-state index contributed by atoms with van der Waals surface area (Å²) in [5.74, 6) is 0.0640. The number of ether oxygens (including phenoxy) is 1. The smallest absolute Gasteiger partial charge is 0.410 e. The van der Waals surface area contributed by atoms with Crippen molar-refractivity contribution >= 4 is 29.4 Å². The molecule has 0 saturated carbocycles. The van der Waals surface area contributed by atoms with Gasteiger partial charge in [0.05, 0.1) is 5.56 Å². The van der Waals surface area contributed by atoms with Gasteiger partial charge in [0.25, 0.3) is 5.91 Å². The monoisotopic (exact) mass is 369 g/mol. The number of likely N-dealkylation sites (tertiary alicyclic amines) is 1. The number of hydrogen-bond donors (Lipinski definition) is 2. The average molecular weight is 370 g/mol. The SMILES string of the molecule is CC(C)(C)OC(=O)N1CCC(CNc2nc(Cl)ncc2C(N)=O)CC1. The number of anilines is 1. The zero-order chi connectivity index (χ0) is 18.6. The fraction of sp³-hybridized carbons (Fsp3) is 0.625. The standard InChI is InChI=1S/C16H24ClN5O3/c1-16(2,3)25-15(24)22-6-4-10(5-7-22)8-19-13-11(12(18)23)9-20-14(17)21-13/h9-10H,4-8H2,1-3H3,(H2,18,23)(H,19,20,21). The van der Waals surface area contributed by atoms with Crippen LogP contribution in [0.25, 0.3) is 0 Å². The lowest BCUT2D eigenvalue weighted by atomic mass is 9.97. The predicted octanol–water partition coefficient (Wildman–Crippen LogP) is 2.29. The second-order valence-corrected chi connectivity index (χ2v) is 7.40. The molecule has 25 heavy (non-hydrogen) atoms. The van der Waals surface area contributed by atoms with Gasteiger partial charge in [0.1, 0.15) is 11.4 Å². The van der Waals surface area contributed by atoms with E-state index in [1.807, 2.05) is 20.8 Å². The van der Waals surface area contributed by atoms with Gasteiger partial charge >= 0.3 is 6.09 Å². The van der Waals surface area contributed by atoms with Gasteiger partial charge in [-0.15, -0.1) is 0 Å². The fourth-order valence-corrected chi connectivity index (χ4v) is 2.70. The molecule has 8 nitrogen and oxygen atoms in total. The molecule has 1 aliphatic heterocycles. The second kappa shape index (κ2) is 7.86. The molecule has 1 aromatic heterocycles. The fourth-order valence-electron chi connectivity index (χ4n) is 2.56. The molecule has 0 radical (unpaired) electrons. The Hall–Kier alpha value is -2.09. The summed E-state index contributed by atoms with van der Waals surface area (Å²) in [5, 5.41) is 3.16. The average Bonchev–Trinajstić information content (AvgIpc) is 2.51. The number of hydrogen-bond acceptors (Lipinski definition) is 6. The van der Waals surface area contributed by atoms with Crippen molar-refractivity contribution in [3.05, 3.63) is 17.0 Å². The summed E-state index contributed by atoms with van der Waals surface area (Å²) in [6, 6.07) is 0. The summed E-state index contributed by atoms with van der Waals surface area (Å²) >= 11 is 5.78. The number of carbonyl (C=O) groups excluding carboxylic acids is 2. The molecule has 0 aromatic carbocycles. The Balaban J connectivity index is 1.86. The van der Waals surface area contributed by atoms with Crippen LogP contribution in [-0.4, -0.2) is 52.1 Å². The van der Waals surface area contributed by atoms with Gasteiger partial charge in [-0.25, -0.2) is 9.78 Å². The molecule has 9 heteroatoms. The number of nitrogens with one attached hydrogen (secondary N) is 1. The first-order valence-corrected chi connectivity index (χ1v) is 8.57. The van der Waals surface area contributed by atoms with Gasteiger partial charge in [-0.3, -0.25) is 4.79 Å². The number of rotatable bonds is 4. The van der Waals surface area contributed by atoms with E-state index in [4.69, 9.17) is 22.1 Å². The number of halogens is 1. The van der Waals surface area contributed by atoms with Crippen LogP contribution in [0.4, 0.5) is 10.6 Å². The molecule has 0 bridgehead atoms. The van der Waals surface area contributed by atoms with E-state index >= 15 is 0 Å². The van der Waals surface area contributed by atoms with E-state index in [1.165, 1.54) is 6.20 Å². The largest absolute Gasteiger partial charge is 0.444 e. The maximum absolute atomic E-state index is 12.1. The third-order valence-electron chi connectivity index (χ3n) is 3.85. The van der Waals surface area contributed by atoms with Gasteiger partial charge in [0, 0.05) is 25.8 Å². The van der Waals surface area contributed by atoms with Crippen molar-refractivity contribution in [2.75, 3.05) is 25.0 Å². The second-order valence-electron chi connectivity index (χ2n) is 7.06. The highest BCUT2D eigenvalue weighted by Gasteiger charge is 2.27. The topological polar surface area (TPSA) is 110 Å². The highest BCUT2D eigenvalue weighted by atomic mass is 35.5. The Morgan fingerprint density at radius 1 is 1.40 bits per heavy atom. The summed E-state index contributed by atoms with van der Waals surface area (Å²) in [4.78, 5) is 33.0. The number of nitrogens with zero attached hydrogens (tertiary/aromatic N) is 3. The van der Waals surface area contributed by atoms with Crippen molar-refractivity contribution in [2.45, 2.75) is 39.2 Å². The van der Waals surface area contributed by atoms with Crippen LogP contribution in [0.1, 0.15) is 44.0 Å². The van der Waals surface area contributed by atoms with Gasteiger partial charge < -0.3 is 20.7 Å². The first kappa shape index (κ1) is 19.2. The maximum Gasteiger partial charge on any atom is 0.410 e. The number of primary amides is 1. The molecule has 2 amide bonds. The van der Waals surface area contributed by atoms with Crippen molar-refractivity contribution in [2.24, 2.45) is 11.7 Å².